The smallest absolute Gasteiger partial charge is 0.204 e. The molecule has 0 aliphatic heterocycles. The monoisotopic (exact) mass is 434 g/mol. The fraction of sp³-hybridized carbons (Fsp3) is 0.391. The van der Waals surface area contributed by atoms with E-state index in [9.17, 15) is 10.2 Å². The third-order valence-electron chi connectivity index (χ3n) is 4.57. The van der Waals surface area contributed by atoms with Gasteiger partial charge in [0, 0.05) is 20.3 Å². The summed E-state index contributed by atoms with van der Waals surface area (Å²) in [6.45, 7) is 0.108. The van der Waals surface area contributed by atoms with Crippen LogP contribution in [0.3, 0.4) is 0 Å². The molecule has 0 saturated carbocycles. The van der Waals surface area contributed by atoms with E-state index >= 15 is 0 Å². The average molecular weight is 434 g/mol. The molecule has 2 aromatic carbocycles. The summed E-state index contributed by atoms with van der Waals surface area (Å²) in [5.41, 5.74) is 1.41. The first-order valence-corrected chi connectivity index (χ1v) is 9.60. The number of ether oxygens (including phenoxy) is 6. The first-order chi connectivity index (χ1) is 15.0. The Morgan fingerprint density at radius 1 is 0.903 bits per heavy atom. The van der Waals surface area contributed by atoms with Crippen molar-refractivity contribution in [2.75, 3.05) is 48.8 Å². The Morgan fingerprint density at radius 2 is 1.58 bits per heavy atom. The molecule has 2 atom stereocenters. The second-order valence-electron chi connectivity index (χ2n) is 6.57. The SMILES string of the molecule is COCC=Cc1cc(OC)c(O[C@@H](CO)[C@@H](OC)c2cc(O)cc(OC)c2)c(OC)c1. The van der Waals surface area contributed by atoms with Crippen LogP contribution in [0, 0.1) is 0 Å². The van der Waals surface area contributed by atoms with Gasteiger partial charge in [0.25, 0.3) is 0 Å². The van der Waals surface area contributed by atoms with Gasteiger partial charge in [-0.25, -0.2) is 0 Å². The van der Waals surface area contributed by atoms with E-state index in [-0.39, 0.29) is 12.4 Å². The summed E-state index contributed by atoms with van der Waals surface area (Å²) in [6.07, 6.45) is 2.20. The number of methoxy groups -OCH3 is 5. The van der Waals surface area contributed by atoms with Crippen LogP contribution in [-0.4, -0.2) is 65.1 Å². The molecule has 8 heteroatoms. The van der Waals surface area contributed by atoms with Crippen LogP contribution in [-0.2, 0) is 9.47 Å². The molecule has 0 fully saturated rings. The van der Waals surface area contributed by atoms with Crippen molar-refractivity contribution in [2.45, 2.75) is 12.2 Å². The molecule has 0 unspecified atom stereocenters. The average Bonchev–Trinajstić information content (AvgIpc) is 2.78. The molecule has 0 saturated heterocycles. The van der Waals surface area contributed by atoms with Crippen LogP contribution in [0.1, 0.15) is 17.2 Å². The normalized spacial score (nSPS) is 13.1. The van der Waals surface area contributed by atoms with Crippen LogP contribution in [0.15, 0.2) is 36.4 Å². The Hall–Kier alpha value is -2.94. The molecule has 0 heterocycles. The van der Waals surface area contributed by atoms with Crippen molar-refractivity contribution in [2.24, 2.45) is 0 Å². The number of phenols is 1. The van der Waals surface area contributed by atoms with E-state index < -0.39 is 12.2 Å². The highest BCUT2D eigenvalue weighted by atomic mass is 16.6. The molecule has 0 aliphatic rings. The molecule has 2 aromatic rings. The molecule has 0 amide bonds. The molecule has 0 spiro atoms. The maximum Gasteiger partial charge on any atom is 0.204 e. The van der Waals surface area contributed by atoms with Crippen molar-refractivity contribution in [1.29, 1.82) is 0 Å². The van der Waals surface area contributed by atoms with E-state index in [0.717, 1.165) is 5.56 Å². The lowest BCUT2D eigenvalue weighted by Crippen LogP contribution is -2.30. The van der Waals surface area contributed by atoms with Crippen molar-refractivity contribution in [1.82, 2.24) is 0 Å². The van der Waals surface area contributed by atoms with E-state index in [1.165, 1.54) is 40.6 Å². The zero-order valence-corrected chi connectivity index (χ0v) is 18.5. The number of benzene rings is 2. The predicted molar refractivity (Wildman–Crippen MR) is 116 cm³/mol. The van der Waals surface area contributed by atoms with Crippen LogP contribution in [0.2, 0.25) is 0 Å². The summed E-state index contributed by atoms with van der Waals surface area (Å²) in [6, 6.07) is 8.29. The summed E-state index contributed by atoms with van der Waals surface area (Å²) in [7, 11) is 7.65. The van der Waals surface area contributed by atoms with Gasteiger partial charge in [-0.05, 0) is 35.4 Å². The lowest BCUT2D eigenvalue weighted by molar-refractivity contribution is -0.0274. The van der Waals surface area contributed by atoms with Crippen molar-refractivity contribution in [3.63, 3.8) is 0 Å². The van der Waals surface area contributed by atoms with E-state index in [0.29, 0.717) is 35.2 Å². The number of hydrogen-bond acceptors (Lipinski definition) is 8. The minimum absolute atomic E-state index is 0.00968. The third kappa shape index (κ3) is 6.27. The molecular weight excluding hydrogens is 404 g/mol. The number of phenolic OH excluding ortho intramolecular Hbond substituents is 1. The predicted octanol–water partition coefficient (Wildman–Crippen LogP) is 3.21. The van der Waals surface area contributed by atoms with Crippen LogP contribution in [0.5, 0.6) is 28.7 Å². The minimum atomic E-state index is -0.825. The van der Waals surface area contributed by atoms with Gasteiger partial charge < -0.3 is 38.6 Å². The lowest BCUT2D eigenvalue weighted by Gasteiger charge is -2.27. The molecular formula is C23H30O8. The van der Waals surface area contributed by atoms with Gasteiger partial charge in [0.15, 0.2) is 17.6 Å². The van der Waals surface area contributed by atoms with Crippen LogP contribution < -0.4 is 18.9 Å². The van der Waals surface area contributed by atoms with E-state index in [1.807, 2.05) is 12.2 Å². The zero-order valence-electron chi connectivity index (χ0n) is 18.5. The summed E-state index contributed by atoms with van der Waals surface area (Å²) < 4.78 is 33.0. The number of rotatable bonds is 12. The van der Waals surface area contributed by atoms with Gasteiger partial charge >= 0.3 is 0 Å². The van der Waals surface area contributed by atoms with Crippen LogP contribution >= 0.6 is 0 Å². The zero-order chi connectivity index (χ0) is 22.8. The van der Waals surface area contributed by atoms with E-state index in [4.69, 9.17) is 28.4 Å². The van der Waals surface area contributed by atoms with Gasteiger partial charge in [-0.15, -0.1) is 0 Å². The number of hydrogen-bond donors (Lipinski definition) is 2. The summed E-state index contributed by atoms with van der Waals surface area (Å²) in [4.78, 5) is 0. The van der Waals surface area contributed by atoms with Gasteiger partial charge in [-0.1, -0.05) is 12.2 Å². The molecule has 0 aromatic heterocycles. The van der Waals surface area contributed by atoms with Crippen molar-refractivity contribution < 1.29 is 38.6 Å². The lowest BCUT2D eigenvalue weighted by atomic mass is 10.0. The minimum Gasteiger partial charge on any atom is -0.508 e. The first-order valence-electron chi connectivity index (χ1n) is 9.60. The molecule has 0 radical (unpaired) electrons. The first kappa shape index (κ1) is 24.3. The molecule has 2 N–H and O–H groups in total. The Kier molecular flexibility index (Phi) is 9.45. The number of aliphatic hydroxyl groups excluding tert-OH is 1. The van der Waals surface area contributed by atoms with Crippen molar-refractivity contribution >= 4 is 6.08 Å². The number of aromatic hydroxyl groups is 1. The van der Waals surface area contributed by atoms with Crippen molar-refractivity contribution in [3.8, 4) is 28.7 Å². The largest absolute Gasteiger partial charge is 0.508 e. The topological polar surface area (TPSA) is 95.8 Å². The molecule has 2 rings (SSSR count). The molecule has 31 heavy (non-hydrogen) atoms. The summed E-state index contributed by atoms with van der Waals surface area (Å²) >= 11 is 0. The van der Waals surface area contributed by atoms with Crippen LogP contribution in [0.4, 0.5) is 0 Å². The second-order valence-corrected chi connectivity index (χ2v) is 6.57. The van der Waals surface area contributed by atoms with E-state index in [2.05, 4.69) is 0 Å². The molecule has 8 nitrogen and oxygen atoms in total. The standard InChI is InChI=1S/C23H30O8/c1-26-8-6-7-15-9-19(28-3)23(20(10-15)29-4)31-21(14-24)22(30-5)16-11-17(25)13-18(12-16)27-2/h6-7,9-13,21-22,24-25H,8,14H2,1-5H3/t21-,22-/m0/s1. The second kappa shape index (κ2) is 12.0. The van der Waals surface area contributed by atoms with Crippen LogP contribution in [0.25, 0.3) is 6.08 Å². The fourth-order valence-corrected chi connectivity index (χ4v) is 3.13. The molecule has 0 bridgehead atoms. The molecule has 0 aliphatic carbocycles. The fourth-order valence-electron chi connectivity index (χ4n) is 3.13. The van der Waals surface area contributed by atoms with E-state index in [1.54, 1.807) is 25.3 Å². The molecule has 170 valence electrons. The Bertz CT molecular complexity index is 840. The maximum atomic E-state index is 10.1. The van der Waals surface area contributed by atoms with Gasteiger partial charge in [-0.2, -0.15) is 0 Å². The Balaban J connectivity index is 2.42. The highest BCUT2D eigenvalue weighted by Crippen LogP contribution is 2.41. The number of aliphatic hydroxyl groups is 1. The van der Waals surface area contributed by atoms with Gasteiger partial charge in [-0.3, -0.25) is 0 Å². The van der Waals surface area contributed by atoms with Crippen molar-refractivity contribution in [3.05, 3.63) is 47.5 Å². The van der Waals surface area contributed by atoms with Gasteiger partial charge in [0.2, 0.25) is 5.75 Å². The Labute approximate surface area is 182 Å². The van der Waals surface area contributed by atoms with Gasteiger partial charge in [0.05, 0.1) is 34.5 Å². The quantitative estimate of drug-likeness (QED) is 0.526. The summed E-state index contributed by atoms with van der Waals surface area (Å²) in [5, 5.41) is 20.1. The summed E-state index contributed by atoms with van der Waals surface area (Å²) in [5.74, 6) is 1.64. The van der Waals surface area contributed by atoms with Gasteiger partial charge in [0.1, 0.15) is 17.6 Å². The Morgan fingerprint density at radius 3 is 2.10 bits per heavy atom. The third-order valence-corrected chi connectivity index (χ3v) is 4.57. The maximum absolute atomic E-state index is 10.1. The highest BCUT2D eigenvalue weighted by molar-refractivity contribution is 5.62. The highest BCUT2D eigenvalue weighted by Gasteiger charge is 2.28.